The largest absolute Gasteiger partial charge is 0.369 e. The van der Waals surface area contributed by atoms with Gasteiger partial charge in [0.25, 0.3) is 5.91 Å². The molecule has 2 aliphatic heterocycles. The number of carbonyl (C=O) groups is 1. The van der Waals surface area contributed by atoms with Gasteiger partial charge in [-0.1, -0.05) is 0 Å². The molecule has 0 unspecified atom stereocenters. The predicted molar refractivity (Wildman–Crippen MR) is 104 cm³/mol. The number of ether oxygens (including phenoxy) is 1. The van der Waals surface area contributed by atoms with E-state index in [-0.39, 0.29) is 11.5 Å². The highest BCUT2D eigenvalue weighted by Crippen LogP contribution is 2.44. The summed E-state index contributed by atoms with van der Waals surface area (Å²) in [6.45, 7) is 7.93. The van der Waals surface area contributed by atoms with Crippen LogP contribution < -0.4 is 10.6 Å². The molecule has 2 aromatic rings. The van der Waals surface area contributed by atoms with E-state index in [1.165, 1.54) is 10.4 Å². The molecule has 0 saturated carbocycles. The summed E-state index contributed by atoms with van der Waals surface area (Å²) in [4.78, 5) is 19.0. The Labute approximate surface area is 163 Å². The van der Waals surface area contributed by atoms with Crippen molar-refractivity contribution in [2.24, 2.45) is 0 Å². The Hall–Kier alpha value is -1.77. The first-order valence-electron chi connectivity index (χ1n) is 9.71. The van der Waals surface area contributed by atoms with Crippen molar-refractivity contribution in [3.05, 3.63) is 33.0 Å². The van der Waals surface area contributed by atoms with Crippen molar-refractivity contribution in [3.63, 3.8) is 0 Å². The molecule has 27 heavy (non-hydrogen) atoms. The lowest BCUT2D eigenvalue weighted by molar-refractivity contribution is -0.0771. The summed E-state index contributed by atoms with van der Waals surface area (Å²) in [5, 5.41) is 10.8. The number of aryl methyl sites for hydroxylation is 3. The van der Waals surface area contributed by atoms with E-state index in [0.717, 1.165) is 68.5 Å². The van der Waals surface area contributed by atoms with Crippen molar-refractivity contribution in [1.82, 2.24) is 25.4 Å². The molecule has 0 aliphatic carbocycles. The molecule has 4 rings (SSSR count). The molecule has 2 N–H and O–H groups in total. The predicted octanol–water partition coefficient (Wildman–Crippen LogP) is 1.93. The Morgan fingerprint density at radius 1 is 1.41 bits per heavy atom. The number of nitrogens with one attached hydrogen (secondary N) is 2. The van der Waals surface area contributed by atoms with Crippen LogP contribution in [0.15, 0.2) is 6.07 Å². The van der Waals surface area contributed by atoms with Crippen LogP contribution in [0.5, 0.6) is 0 Å². The zero-order valence-electron chi connectivity index (χ0n) is 16.0. The first-order valence-corrected chi connectivity index (χ1v) is 10.5. The highest BCUT2D eigenvalue weighted by Gasteiger charge is 2.41. The Kier molecular flexibility index (Phi) is 5.29. The quantitative estimate of drug-likeness (QED) is 0.764. The maximum Gasteiger partial charge on any atom is 0.261 e. The Bertz CT molecular complexity index is 822. The molecule has 146 valence electrons. The van der Waals surface area contributed by atoms with Crippen molar-refractivity contribution in [3.8, 4) is 0 Å². The summed E-state index contributed by atoms with van der Waals surface area (Å²) in [7, 11) is 0. The molecule has 8 heteroatoms. The number of piperidine rings is 1. The topological polar surface area (TPSA) is 81.1 Å². The Morgan fingerprint density at radius 2 is 2.22 bits per heavy atom. The number of rotatable bonds is 5. The molecule has 4 heterocycles. The van der Waals surface area contributed by atoms with Crippen molar-refractivity contribution >= 4 is 17.2 Å². The molecule has 1 fully saturated rings. The number of aromatic nitrogens is 3. The Balaban J connectivity index is 1.36. The van der Waals surface area contributed by atoms with Gasteiger partial charge in [-0.25, -0.2) is 4.98 Å². The van der Waals surface area contributed by atoms with Crippen molar-refractivity contribution in [2.45, 2.75) is 51.7 Å². The molecular formula is C19H27N5O2S. The van der Waals surface area contributed by atoms with Crippen LogP contribution in [0.2, 0.25) is 0 Å². The maximum atomic E-state index is 12.6. The normalized spacial score (nSPS) is 18.4. The van der Waals surface area contributed by atoms with Crippen LogP contribution in [0.4, 0.5) is 0 Å². The number of nitrogens with zero attached hydrogens (tertiary/aromatic N) is 3. The van der Waals surface area contributed by atoms with Crippen LogP contribution in [0, 0.1) is 13.8 Å². The van der Waals surface area contributed by atoms with Gasteiger partial charge in [-0.15, -0.1) is 11.3 Å². The molecule has 1 saturated heterocycles. The lowest BCUT2D eigenvalue weighted by Crippen LogP contribution is -2.43. The molecule has 2 aromatic heterocycles. The SMILES string of the molecule is Cc1nc(C)n(CCCNC(=O)c2cc3c(s2)C2(CCNCC2)OCC3)n1. The van der Waals surface area contributed by atoms with Gasteiger partial charge in [0.1, 0.15) is 17.2 Å². The average Bonchev–Trinajstić information content (AvgIpc) is 3.23. The highest BCUT2D eigenvalue weighted by molar-refractivity contribution is 7.14. The molecule has 1 spiro atoms. The van der Waals surface area contributed by atoms with Gasteiger partial charge >= 0.3 is 0 Å². The highest BCUT2D eigenvalue weighted by atomic mass is 32.1. The van der Waals surface area contributed by atoms with Gasteiger partial charge in [-0.2, -0.15) is 5.10 Å². The lowest BCUT2D eigenvalue weighted by atomic mass is 9.86. The third kappa shape index (κ3) is 3.79. The van der Waals surface area contributed by atoms with E-state index in [4.69, 9.17) is 4.74 Å². The monoisotopic (exact) mass is 389 g/mol. The molecule has 0 aromatic carbocycles. The number of amides is 1. The molecule has 2 aliphatic rings. The first-order chi connectivity index (χ1) is 13.1. The number of fused-ring (bicyclic) bond motifs is 2. The van der Waals surface area contributed by atoms with Gasteiger partial charge in [0, 0.05) is 18.0 Å². The minimum absolute atomic E-state index is 0.0185. The smallest absolute Gasteiger partial charge is 0.261 e. The fraction of sp³-hybridized carbons (Fsp3) is 0.632. The zero-order valence-corrected chi connectivity index (χ0v) is 16.8. The molecule has 7 nitrogen and oxygen atoms in total. The number of thiophene rings is 1. The van der Waals surface area contributed by atoms with Crippen LogP contribution in [-0.4, -0.2) is 46.9 Å². The second kappa shape index (κ2) is 7.69. The molecule has 0 bridgehead atoms. The summed E-state index contributed by atoms with van der Waals surface area (Å²) in [5.74, 6) is 1.72. The minimum Gasteiger partial charge on any atom is -0.369 e. The van der Waals surface area contributed by atoms with Gasteiger partial charge in [-0.05, 0) is 64.3 Å². The fourth-order valence-corrected chi connectivity index (χ4v) is 5.35. The van der Waals surface area contributed by atoms with Gasteiger partial charge in [0.2, 0.25) is 0 Å². The summed E-state index contributed by atoms with van der Waals surface area (Å²) >= 11 is 1.62. The van der Waals surface area contributed by atoms with E-state index in [0.29, 0.717) is 6.54 Å². The van der Waals surface area contributed by atoms with Gasteiger partial charge in [0.05, 0.1) is 11.5 Å². The van der Waals surface area contributed by atoms with Crippen molar-refractivity contribution in [1.29, 1.82) is 0 Å². The second-order valence-electron chi connectivity index (χ2n) is 7.35. The third-order valence-corrected chi connectivity index (χ3v) is 6.76. The number of hydrogen-bond donors (Lipinski definition) is 2. The molecule has 0 radical (unpaired) electrons. The van der Waals surface area contributed by atoms with Crippen LogP contribution in [0.3, 0.4) is 0 Å². The van der Waals surface area contributed by atoms with E-state index in [1.54, 1.807) is 11.3 Å². The lowest BCUT2D eigenvalue weighted by Gasteiger charge is -2.40. The standard InChI is InChI=1S/C19H27N5O2S/c1-13-22-14(2)24(23-13)10-3-7-21-18(25)16-12-15-4-11-26-19(17(15)27-16)5-8-20-9-6-19/h12,20H,3-11H2,1-2H3,(H,21,25). The Morgan fingerprint density at radius 3 is 2.96 bits per heavy atom. The average molecular weight is 390 g/mol. The number of hydrogen-bond acceptors (Lipinski definition) is 6. The van der Waals surface area contributed by atoms with E-state index in [2.05, 4.69) is 26.8 Å². The summed E-state index contributed by atoms with van der Waals surface area (Å²) in [6, 6.07) is 2.08. The minimum atomic E-state index is -0.176. The zero-order chi connectivity index (χ0) is 18.9. The number of carbonyl (C=O) groups excluding carboxylic acids is 1. The van der Waals surface area contributed by atoms with Crippen LogP contribution in [-0.2, 0) is 23.3 Å². The van der Waals surface area contributed by atoms with E-state index >= 15 is 0 Å². The second-order valence-corrected chi connectivity index (χ2v) is 8.40. The van der Waals surface area contributed by atoms with Crippen LogP contribution in [0.25, 0.3) is 0 Å². The summed E-state index contributed by atoms with van der Waals surface area (Å²) < 4.78 is 8.10. The van der Waals surface area contributed by atoms with Crippen molar-refractivity contribution in [2.75, 3.05) is 26.2 Å². The molecule has 1 amide bonds. The molecule has 0 atom stereocenters. The van der Waals surface area contributed by atoms with Gasteiger partial charge in [-0.3, -0.25) is 9.48 Å². The van der Waals surface area contributed by atoms with Crippen molar-refractivity contribution < 1.29 is 9.53 Å². The van der Waals surface area contributed by atoms with E-state index in [1.807, 2.05) is 18.5 Å². The van der Waals surface area contributed by atoms with E-state index in [9.17, 15) is 4.79 Å². The van der Waals surface area contributed by atoms with Crippen LogP contribution >= 0.6 is 11.3 Å². The van der Waals surface area contributed by atoms with Crippen LogP contribution in [0.1, 0.15) is 51.0 Å². The fourth-order valence-electron chi connectivity index (χ4n) is 4.03. The van der Waals surface area contributed by atoms with E-state index < -0.39 is 0 Å². The first kappa shape index (κ1) is 18.6. The summed E-state index contributed by atoms with van der Waals surface area (Å²) in [5.41, 5.74) is 1.12. The third-order valence-electron chi connectivity index (χ3n) is 5.40. The maximum absolute atomic E-state index is 12.6. The van der Waals surface area contributed by atoms with Gasteiger partial charge in [0.15, 0.2) is 0 Å². The summed E-state index contributed by atoms with van der Waals surface area (Å²) in [6.07, 6.45) is 3.70. The molecular weight excluding hydrogens is 362 g/mol. The van der Waals surface area contributed by atoms with Gasteiger partial charge < -0.3 is 15.4 Å².